The Labute approximate surface area is 93.6 Å². The van der Waals surface area contributed by atoms with Crippen LogP contribution in [0.5, 0.6) is 5.75 Å². The van der Waals surface area contributed by atoms with Gasteiger partial charge in [0.15, 0.2) is 11.6 Å². The molecular weight excluding hydrogens is 209 g/mol. The standard InChI is InChI=1S/C12H14FNO2/c1-9(15)14-7-3-2-4-10-5-6-12(16)11(13)8-10/h2,4-6,8,16H,3,7H2,1H3,(H,14,15). The number of aromatic hydroxyl groups is 1. The molecule has 0 unspecified atom stereocenters. The van der Waals surface area contributed by atoms with Crippen molar-refractivity contribution in [1.29, 1.82) is 0 Å². The third-order valence-corrected chi connectivity index (χ3v) is 1.97. The molecule has 0 fully saturated rings. The molecule has 2 N–H and O–H groups in total. The van der Waals surface area contributed by atoms with Gasteiger partial charge >= 0.3 is 0 Å². The second-order valence-electron chi connectivity index (χ2n) is 3.38. The van der Waals surface area contributed by atoms with E-state index in [0.29, 0.717) is 18.5 Å². The molecule has 16 heavy (non-hydrogen) atoms. The average Bonchev–Trinajstić information content (AvgIpc) is 2.22. The van der Waals surface area contributed by atoms with Gasteiger partial charge in [0.1, 0.15) is 0 Å². The minimum absolute atomic E-state index is 0.0657. The van der Waals surface area contributed by atoms with Crippen LogP contribution in [0.25, 0.3) is 6.08 Å². The van der Waals surface area contributed by atoms with Crippen LogP contribution in [-0.4, -0.2) is 17.6 Å². The van der Waals surface area contributed by atoms with Gasteiger partial charge in [-0.3, -0.25) is 4.79 Å². The number of halogens is 1. The molecule has 1 aromatic rings. The zero-order valence-corrected chi connectivity index (χ0v) is 9.03. The zero-order valence-electron chi connectivity index (χ0n) is 9.03. The van der Waals surface area contributed by atoms with Gasteiger partial charge in [-0.2, -0.15) is 0 Å². The van der Waals surface area contributed by atoms with Gasteiger partial charge in [0.25, 0.3) is 0 Å². The second kappa shape index (κ2) is 5.90. The lowest BCUT2D eigenvalue weighted by Gasteiger charge is -1.98. The van der Waals surface area contributed by atoms with Crippen LogP contribution in [-0.2, 0) is 4.79 Å². The van der Waals surface area contributed by atoms with Gasteiger partial charge in [-0.1, -0.05) is 18.2 Å². The van der Waals surface area contributed by atoms with E-state index in [0.717, 1.165) is 0 Å². The summed E-state index contributed by atoms with van der Waals surface area (Å²) in [6.07, 6.45) is 4.26. The maximum absolute atomic E-state index is 12.9. The molecule has 0 heterocycles. The van der Waals surface area contributed by atoms with Crippen molar-refractivity contribution in [3.05, 3.63) is 35.7 Å². The lowest BCUT2D eigenvalue weighted by Crippen LogP contribution is -2.20. The molecule has 0 bridgehead atoms. The molecule has 0 radical (unpaired) electrons. The van der Waals surface area contributed by atoms with E-state index in [2.05, 4.69) is 5.32 Å². The summed E-state index contributed by atoms with van der Waals surface area (Å²) in [5.74, 6) is -1.05. The van der Waals surface area contributed by atoms with E-state index >= 15 is 0 Å². The van der Waals surface area contributed by atoms with Crippen molar-refractivity contribution in [2.24, 2.45) is 0 Å². The van der Waals surface area contributed by atoms with Gasteiger partial charge in [0, 0.05) is 13.5 Å². The third-order valence-electron chi connectivity index (χ3n) is 1.97. The van der Waals surface area contributed by atoms with Gasteiger partial charge in [-0.05, 0) is 24.1 Å². The molecule has 0 atom stereocenters. The van der Waals surface area contributed by atoms with Crippen molar-refractivity contribution < 1.29 is 14.3 Å². The van der Waals surface area contributed by atoms with Gasteiger partial charge in [0.2, 0.25) is 5.91 Å². The van der Waals surface area contributed by atoms with Gasteiger partial charge in [-0.25, -0.2) is 4.39 Å². The van der Waals surface area contributed by atoms with Crippen molar-refractivity contribution in [1.82, 2.24) is 5.32 Å². The summed E-state index contributed by atoms with van der Waals surface area (Å²) >= 11 is 0. The number of hydrogen-bond donors (Lipinski definition) is 2. The largest absolute Gasteiger partial charge is 0.505 e. The molecule has 0 spiro atoms. The molecule has 4 heteroatoms. The fourth-order valence-corrected chi connectivity index (χ4v) is 1.18. The Morgan fingerprint density at radius 3 is 2.94 bits per heavy atom. The first kappa shape index (κ1) is 12.2. The van der Waals surface area contributed by atoms with E-state index < -0.39 is 5.82 Å². The van der Waals surface area contributed by atoms with Crippen LogP contribution >= 0.6 is 0 Å². The summed E-state index contributed by atoms with van der Waals surface area (Å²) in [6, 6.07) is 4.18. The van der Waals surface area contributed by atoms with Gasteiger partial charge in [-0.15, -0.1) is 0 Å². The first-order valence-corrected chi connectivity index (χ1v) is 4.99. The fourth-order valence-electron chi connectivity index (χ4n) is 1.18. The van der Waals surface area contributed by atoms with Crippen LogP contribution in [0, 0.1) is 5.82 Å². The van der Waals surface area contributed by atoms with E-state index in [1.54, 1.807) is 12.1 Å². The van der Waals surface area contributed by atoms with E-state index in [1.165, 1.54) is 19.1 Å². The number of rotatable bonds is 4. The molecule has 1 amide bonds. The normalized spacial score (nSPS) is 10.6. The molecule has 0 aromatic heterocycles. The monoisotopic (exact) mass is 223 g/mol. The van der Waals surface area contributed by atoms with Crippen molar-refractivity contribution in [2.75, 3.05) is 6.54 Å². The van der Waals surface area contributed by atoms with Crippen LogP contribution in [0.2, 0.25) is 0 Å². The van der Waals surface area contributed by atoms with Crippen molar-refractivity contribution in [3.63, 3.8) is 0 Å². The molecule has 0 saturated heterocycles. The maximum atomic E-state index is 12.9. The number of phenols is 1. The fraction of sp³-hybridized carbons (Fsp3) is 0.250. The van der Waals surface area contributed by atoms with E-state index in [1.807, 2.05) is 6.08 Å². The molecule has 0 aliphatic rings. The predicted molar refractivity (Wildman–Crippen MR) is 60.4 cm³/mol. The maximum Gasteiger partial charge on any atom is 0.216 e. The Balaban J connectivity index is 2.44. The smallest absolute Gasteiger partial charge is 0.216 e. The van der Waals surface area contributed by atoms with Crippen molar-refractivity contribution >= 4 is 12.0 Å². The van der Waals surface area contributed by atoms with Gasteiger partial charge in [0.05, 0.1) is 0 Å². The first-order valence-electron chi connectivity index (χ1n) is 4.99. The number of phenolic OH excluding ortho intramolecular Hbond substituents is 1. The minimum atomic E-state index is -0.635. The number of amides is 1. The third kappa shape index (κ3) is 4.13. The van der Waals surface area contributed by atoms with E-state index in [4.69, 9.17) is 5.11 Å². The van der Waals surface area contributed by atoms with Crippen LogP contribution in [0.4, 0.5) is 4.39 Å². The Kier molecular flexibility index (Phi) is 4.51. The quantitative estimate of drug-likeness (QED) is 0.768. The molecule has 3 nitrogen and oxygen atoms in total. The Hall–Kier alpha value is -1.84. The first-order chi connectivity index (χ1) is 7.59. The molecule has 0 saturated carbocycles. The Bertz CT molecular complexity index is 402. The summed E-state index contributed by atoms with van der Waals surface area (Å²) in [4.78, 5) is 10.5. The van der Waals surface area contributed by atoms with Crippen LogP contribution in [0.3, 0.4) is 0 Å². The molecular formula is C12H14FNO2. The van der Waals surface area contributed by atoms with Crippen LogP contribution in [0.1, 0.15) is 18.9 Å². The summed E-state index contributed by atoms with van der Waals surface area (Å²) in [6.45, 7) is 2.02. The second-order valence-corrected chi connectivity index (χ2v) is 3.38. The summed E-state index contributed by atoms with van der Waals surface area (Å²) in [5, 5.41) is 11.6. The highest BCUT2D eigenvalue weighted by Crippen LogP contribution is 2.16. The van der Waals surface area contributed by atoms with Crippen LogP contribution < -0.4 is 5.32 Å². The van der Waals surface area contributed by atoms with Crippen molar-refractivity contribution in [3.8, 4) is 5.75 Å². The van der Waals surface area contributed by atoms with Crippen LogP contribution in [0.15, 0.2) is 24.3 Å². The van der Waals surface area contributed by atoms with E-state index in [9.17, 15) is 9.18 Å². The zero-order chi connectivity index (χ0) is 12.0. The number of hydrogen-bond acceptors (Lipinski definition) is 2. The minimum Gasteiger partial charge on any atom is -0.505 e. The average molecular weight is 223 g/mol. The highest BCUT2D eigenvalue weighted by Gasteiger charge is 1.98. The predicted octanol–water partition coefficient (Wildman–Crippen LogP) is 2.07. The molecule has 1 rings (SSSR count). The van der Waals surface area contributed by atoms with E-state index in [-0.39, 0.29) is 11.7 Å². The molecule has 0 aliphatic carbocycles. The number of nitrogens with one attached hydrogen (secondary N) is 1. The topological polar surface area (TPSA) is 49.3 Å². The number of benzene rings is 1. The lowest BCUT2D eigenvalue weighted by molar-refractivity contribution is -0.118. The lowest BCUT2D eigenvalue weighted by atomic mass is 10.2. The highest BCUT2D eigenvalue weighted by molar-refractivity contribution is 5.72. The van der Waals surface area contributed by atoms with Gasteiger partial charge < -0.3 is 10.4 Å². The number of carbonyl (C=O) groups excluding carboxylic acids is 1. The van der Waals surface area contributed by atoms with Crippen molar-refractivity contribution in [2.45, 2.75) is 13.3 Å². The summed E-state index contributed by atoms with van der Waals surface area (Å²) < 4.78 is 12.9. The highest BCUT2D eigenvalue weighted by atomic mass is 19.1. The molecule has 1 aromatic carbocycles. The Morgan fingerprint density at radius 2 is 2.31 bits per heavy atom. The molecule has 86 valence electrons. The SMILES string of the molecule is CC(=O)NCCC=Cc1ccc(O)c(F)c1. The Morgan fingerprint density at radius 1 is 1.56 bits per heavy atom. The summed E-state index contributed by atoms with van der Waals surface area (Å²) in [5.41, 5.74) is 0.679. The molecule has 0 aliphatic heterocycles. The number of carbonyl (C=O) groups is 1. The summed E-state index contributed by atoms with van der Waals surface area (Å²) in [7, 11) is 0.